The predicted octanol–water partition coefficient (Wildman–Crippen LogP) is 5.96. The highest BCUT2D eigenvalue weighted by Crippen LogP contribution is 2.26. The second kappa shape index (κ2) is 13.6. The van der Waals surface area contributed by atoms with Gasteiger partial charge in [-0.15, -0.1) is 0 Å². The van der Waals surface area contributed by atoms with Gasteiger partial charge in [0.2, 0.25) is 11.8 Å². The van der Waals surface area contributed by atoms with Crippen LogP contribution in [0.1, 0.15) is 50.2 Å². The molecule has 4 rings (SSSR count). The average molecular weight is 645 g/mol. The highest BCUT2D eigenvalue weighted by atomic mass is 79.9. The van der Waals surface area contributed by atoms with E-state index in [9.17, 15) is 22.4 Å². The number of aryl methyl sites for hydroxylation is 1. The first-order chi connectivity index (χ1) is 19.5. The number of halogens is 2. The van der Waals surface area contributed by atoms with E-state index >= 15 is 0 Å². The zero-order valence-electron chi connectivity index (χ0n) is 23.2. The van der Waals surface area contributed by atoms with Crippen LogP contribution in [-0.2, 0) is 26.2 Å². The molecule has 7 nitrogen and oxygen atoms in total. The number of nitrogens with zero attached hydrogens (tertiary/aromatic N) is 2. The summed E-state index contributed by atoms with van der Waals surface area (Å²) in [6, 6.07) is 17.9. The molecule has 41 heavy (non-hydrogen) atoms. The minimum Gasteiger partial charge on any atom is -0.352 e. The van der Waals surface area contributed by atoms with E-state index in [-0.39, 0.29) is 23.4 Å². The van der Waals surface area contributed by atoms with E-state index in [4.69, 9.17) is 0 Å². The SMILES string of the molecule is Cc1ccc(S(=O)(=O)N(CC(=O)N(Cc2ccc(F)cc2)C(C)C(=O)NC2CCCCC2)c2ccc(Br)cc2)cc1. The molecule has 0 spiro atoms. The molecule has 0 heterocycles. The maximum atomic E-state index is 14.0. The van der Waals surface area contributed by atoms with Gasteiger partial charge in [-0.25, -0.2) is 12.8 Å². The first-order valence-electron chi connectivity index (χ1n) is 13.7. The highest BCUT2D eigenvalue weighted by Gasteiger charge is 2.33. The Hall–Kier alpha value is -3.24. The van der Waals surface area contributed by atoms with Crippen molar-refractivity contribution in [1.29, 1.82) is 0 Å². The molecule has 1 unspecified atom stereocenters. The molecular weight excluding hydrogens is 609 g/mol. The van der Waals surface area contributed by atoms with E-state index in [1.807, 2.05) is 6.92 Å². The fourth-order valence-corrected chi connectivity index (χ4v) is 6.59. The Kier molecular flexibility index (Phi) is 10.2. The van der Waals surface area contributed by atoms with Gasteiger partial charge in [-0.3, -0.25) is 13.9 Å². The van der Waals surface area contributed by atoms with Crippen LogP contribution in [-0.4, -0.2) is 43.8 Å². The molecule has 0 saturated heterocycles. The Morgan fingerprint density at radius 2 is 1.56 bits per heavy atom. The summed E-state index contributed by atoms with van der Waals surface area (Å²) in [4.78, 5) is 28.7. The molecule has 1 aliphatic carbocycles. The minimum absolute atomic E-state index is 0.0110. The fraction of sp³-hybridized carbons (Fsp3) is 0.355. The number of nitrogens with one attached hydrogen (secondary N) is 1. The molecule has 3 aromatic rings. The quantitative estimate of drug-likeness (QED) is 0.295. The summed E-state index contributed by atoms with van der Waals surface area (Å²) in [6.07, 6.45) is 4.98. The lowest BCUT2D eigenvalue weighted by atomic mass is 9.95. The topological polar surface area (TPSA) is 86.8 Å². The molecule has 1 aliphatic rings. The Morgan fingerprint density at radius 3 is 2.17 bits per heavy atom. The number of sulfonamides is 1. The van der Waals surface area contributed by atoms with Crippen LogP contribution in [0.25, 0.3) is 0 Å². The van der Waals surface area contributed by atoms with E-state index < -0.39 is 34.3 Å². The van der Waals surface area contributed by atoms with Gasteiger partial charge in [-0.2, -0.15) is 0 Å². The summed E-state index contributed by atoms with van der Waals surface area (Å²) in [5.41, 5.74) is 1.83. The smallest absolute Gasteiger partial charge is 0.264 e. The van der Waals surface area contributed by atoms with Gasteiger partial charge in [0, 0.05) is 17.1 Å². The van der Waals surface area contributed by atoms with Gasteiger partial charge in [-0.05, 0) is 80.8 Å². The third-order valence-corrected chi connectivity index (χ3v) is 9.70. The van der Waals surface area contributed by atoms with Gasteiger partial charge < -0.3 is 10.2 Å². The van der Waals surface area contributed by atoms with Crippen LogP contribution in [0, 0.1) is 12.7 Å². The van der Waals surface area contributed by atoms with Gasteiger partial charge in [0.15, 0.2) is 0 Å². The second-order valence-electron chi connectivity index (χ2n) is 10.5. The lowest BCUT2D eigenvalue weighted by Crippen LogP contribution is -2.53. The minimum atomic E-state index is -4.14. The first kappa shape index (κ1) is 30.7. The Balaban J connectivity index is 1.66. The normalized spacial score (nSPS) is 14.7. The Bertz CT molecular complexity index is 1440. The molecule has 1 N–H and O–H groups in total. The van der Waals surface area contributed by atoms with Crippen molar-refractivity contribution < 1.29 is 22.4 Å². The third kappa shape index (κ3) is 7.95. The van der Waals surface area contributed by atoms with Crippen LogP contribution >= 0.6 is 15.9 Å². The van der Waals surface area contributed by atoms with Crippen LogP contribution in [0.2, 0.25) is 0 Å². The van der Waals surface area contributed by atoms with Crippen LogP contribution < -0.4 is 9.62 Å². The Labute approximate surface area is 249 Å². The zero-order chi connectivity index (χ0) is 29.6. The van der Waals surface area contributed by atoms with Crippen molar-refractivity contribution in [3.63, 3.8) is 0 Å². The van der Waals surface area contributed by atoms with E-state index in [2.05, 4.69) is 21.2 Å². The molecule has 1 saturated carbocycles. The molecule has 2 amide bonds. The van der Waals surface area contributed by atoms with E-state index in [1.165, 1.54) is 29.2 Å². The van der Waals surface area contributed by atoms with Crippen molar-refractivity contribution in [2.24, 2.45) is 0 Å². The van der Waals surface area contributed by atoms with Crippen molar-refractivity contribution in [2.75, 3.05) is 10.8 Å². The van der Waals surface area contributed by atoms with E-state index in [0.29, 0.717) is 11.3 Å². The lowest BCUT2D eigenvalue weighted by Gasteiger charge is -2.33. The third-order valence-electron chi connectivity index (χ3n) is 7.39. The monoisotopic (exact) mass is 643 g/mol. The molecule has 0 radical (unpaired) electrons. The molecule has 10 heteroatoms. The van der Waals surface area contributed by atoms with Crippen LogP contribution in [0.4, 0.5) is 10.1 Å². The maximum Gasteiger partial charge on any atom is 0.264 e. The highest BCUT2D eigenvalue weighted by molar-refractivity contribution is 9.10. The number of hydrogen-bond acceptors (Lipinski definition) is 4. The van der Waals surface area contributed by atoms with E-state index in [0.717, 1.165) is 46.4 Å². The summed E-state index contributed by atoms with van der Waals surface area (Å²) < 4.78 is 43.2. The molecule has 0 aliphatic heterocycles. The molecule has 3 aromatic carbocycles. The maximum absolute atomic E-state index is 14.0. The van der Waals surface area contributed by atoms with Crippen LogP contribution in [0.3, 0.4) is 0 Å². The molecule has 0 bridgehead atoms. The van der Waals surface area contributed by atoms with E-state index in [1.54, 1.807) is 55.5 Å². The average Bonchev–Trinajstić information content (AvgIpc) is 2.96. The second-order valence-corrected chi connectivity index (χ2v) is 13.2. The van der Waals surface area contributed by atoms with Crippen molar-refractivity contribution in [3.05, 3.63) is 94.2 Å². The molecular formula is C31H35BrFN3O4S. The van der Waals surface area contributed by atoms with Gasteiger partial charge >= 0.3 is 0 Å². The van der Waals surface area contributed by atoms with Crippen molar-refractivity contribution in [3.8, 4) is 0 Å². The van der Waals surface area contributed by atoms with Gasteiger partial charge in [0.05, 0.1) is 10.6 Å². The summed E-state index contributed by atoms with van der Waals surface area (Å²) >= 11 is 3.38. The van der Waals surface area contributed by atoms with Gasteiger partial charge in [-0.1, -0.05) is 65.0 Å². The summed E-state index contributed by atoms with van der Waals surface area (Å²) in [7, 11) is -4.14. The first-order valence-corrected chi connectivity index (χ1v) is 16.0. The van der Waals surface area contributed by atoms with Gasteiger partial charge in [0.25, 0.3) is 10.0 Å². The number of benzene rings is 3. The molecule has 218 valence electrons. The zero-order valence-corrected chi connectivity index (χ0v) is 25.6. The van der Waals surface area contributed by atoms with Crippen LogP contribution in [0.5, 0.6) is 0 Å². The standard InChI is InChI=1S/C31H35BrFN3O4S/c1-22-8-18-29(19-9-22)41(39,40)36(28-16-12-25(32)13-17-28)21-30(37)35(20-24-10-14-26(33)15-11-24)23(2)31(38)34-27-6-4-3-5-7-27/h8-19,23,27H,3-7,20-21H2,1-2H3,(H,34,38). The Morgan fingerprint density at radius 1 is 0.951 bits per heavy atom. The summed E-state index contributed by atoms with van der Waals surface area (Å²) in [5.74, 6) is -1.27. The number of amides is 2. The largest absolute Gasteiger partial charge is 0.352 e. The van der Waals surface area contributed by atoms with Crippen molar-refractivity contribution >= 4 is 43.5 Å². The van der Waals surface area contributed by atoms with Crippen LogP contribution in [0.15, 0.2) is 82.2 Å². The number of carbonyl (C=O) groups is 2. The fourth-order valence-electron chi connectivity index (χ4n) is 4.91. The van der Waals surface area contributed by atoms with Gasteiger partial charge in [0.1, 0.15) is 18.4 Å². The predicted molar refractivity (Wildman–Crippen MR) is 161 cm³/mol. The lowest BCUT2D eigenvalue weighted by molar-refractivity contribution is -0.139. The number of rotatable bonds is 10. The number of anilines is 1. The summed E-state index contributed by atoms with van der Waals surface area (Å²) in [6.45, 7) is 2.98. The molecule has 1 atom stereocenters. The van der Waals surface area contributed by atoms with Crippen molar-refractivity contribution in [1.82, 2.24) is 10.2 Å². The number of hydrogen-bond donors (Lipinski definition) is 1. The molecule has 1 fully saturated rings. The summed E-state index contributed by atoms with van der Waals surface area (Å²) in [5, 5.41) is 3.07. The number of carbonyl (C=O) groups excluding carboxylic acids is 2. The molecule has 0 aromatic heterocycles. The van der Waals surface area contributed by atoms with Crippen molar-refractivity contribution in [2.45, 2.75) is 69.5 Å².